The molecule has 9 heteroatoms. The second-order valence-electron chi connectivity index (χ2n) is 6.47. The van der Waals surface area contributed by atoms with Crippen LogP contribution in [0.5, 0.6) is 0 Å². The molecule has 9 nitrogen and oxygen atoms in total. The van der Waals surface area contributed by atoms with Crippen molar-refractivity contribution in [2.45, 2.75) is 6.04 Å². The number of nitrogens with one attached hydrogen (secondary N) is 2. The number of non-ortho nitro benzene ring substituents is 1. The molecule has 2 aromatic carbocycles. The summed E-state index contributed by atoms with van der Waals surface area (Å²) >= 11 is 0. The number of nitrogens with zero attached hydrogens (tertiary/aromatic N) is 4. The third-order valence-electron chi connectivity index (χ3n) is 4.58. The fourth-order valence-electron chi connectivity index (χ4n) is 3.28. The Balaban J connectivity index is 1.63. The van der Waals surface area contributed by atoms with E-state index in [9.17, 15) is 14.9 Å². The monoisotopic (exact) mass is 390 g/mol. The van der Waals surface area contributed by atoms with Crippen molar-refractivity contribution < 1.29 is 9.72 Å². The highest BCUT2D eigenvalue weighted by molar-refractivity contribution is 5.87. The van der Waals surface area contributed by atoms with Crippen LogP contribution in [-0.4, -0.2) is 33.9 Å². The van der Waals surface area contributed by atoms with Gasteiger partial charge in [-0.3, -0.25) is 14.9 Å². The van der Waals surface area contributed by atoms with Crippen molar-refractivity contribution in [3.05, 3.63) is 82.5 Å². The lowest BCUT2D eigenvalue weighted by Crippen LogP contribution is -2.50. The minimum absolute atomic E-state index is 0.0250. The number of hydrogen-bond donors (Lipinski definition) is 2. The molecule has 1 aliphatic heterocycles. The van der Waals surface area contributed by atoms with E-state index in [0.717, 1.165) is 5.56 Å². The van der Waals surface area contributed by atoms with Crippen molar-refractivity contribution in [2.24, 2.45) is 0 Å². The Morgan fingerprint density at radius 1 is 1.14 bits per heavy atom. The van der Waals surface area contributed by atoms with Crippen LogP contribution in [0.3, 0.4) is 0 Å². The number of nitro groups is 1. The van der Waals surface area contributed by atoms with Crippen LogP contribution in [0.1, 0.15) is 11.6 Å². The zero-order valence-electron chi connectivity index (χ0n) is 15.4. The van der Waals surface area contributed by atoms with Gasteiger partial charge in [0.1, 0.15) is 11.9 Å². The second-order valence-corrected chi connectivity index (χ2v) is 6.47. The summed E-state index contributed by atoms with van der Waals surface area (Å²) < 4.78 is 0. The van der Waals surface area contributed by atoms with Crippen LogP contribution >= 0.6 is 0 Å². The van der Waals surface area contributed by atoms with Crippen molar-refractivity contribution in [1.29, 1.82) is 0 Å². The molecule has 29 heavy (non-hydrogen) atoms. The molecular weight excluding hydrogens is 372 g/mol. The smallest absolute Gasteiger partial charge is 0.271 e. The molecular formula is C20H18N6O3. The van der Waals surface area contributed by atoms with Gasteiger partial charge >= 0.3 is 0 Å². The maximum Gasteiger partial charge on any atom is 0.271 e. The minimum Gasteiger partial charge on any atom is -0.352 e. The Hall–Kier alpha value is -4.01. The van der Waals surface area contributed by atoms with Crippen LogP contribution in [0.25, 0.3) is 0 Å². The zero-order chi connectivity index (χ0) is 20.2. The molecule has 146 valence electrons. The predicted octanol–water partition coefficient (Wildman–Crippen LogP) is 2.81. The standard InChI is InChI=1S/C20H18N6O3/c27-19-18(14-5-2-1-3-6-14)25(12-11-21-19)17-9-10-22-20(24-17)23-15-7-4-8-16(13-15)26(28)29/h1-10,13,18H,11-12H2,(H,21,27)(H,22,23,24). The molecule has 2 N–H and O–H groups in total. The van der Waals surface area contributed by atoms with Gasteiger partial charge in [-0.2, -0.15) is 4.98 Å². The molecule has 1 atom stereocenters. The van der Waals surface area contributed by atoms with Crippen LogP contribution in [0, 0.1) is 10.1 Å². The molecule has 4 rings (SSSR count). The van der Waals surface area contributed by atoms with Crippen molar-refractivity contribution >= 4 is 29.0 Å². The van der Waals surface area contributed by atoms with Crippen molar-refractivity contribution in [3.63, 3.8) is 0 Å². The van der Waals surface area contributed by atoms with Gasteiger partial charge in [-0.05, 0) is 17.7 Å². The summed E-state index contributed by atoms with van der Waals surface area (Å²) in [4.78, 5) is 33.7. The van der Waals surface area contributed by atoms with Crippen LogP contribution < -0.4 is 15.5 Å². The largest absolute Gasteiger partial charge is 0.352 e. The predicted molar refractivity (Wildman–Crippen MR) is 108 cm³/mol. The fourth-order valence-corrected chi connectivity index (χ4v) is 3.28. The number of hydrogen-bond acceptors (Lipinski definition) is 7. The third-order valence-corrected chi connectivity index (χ3v) is 4.58. The molecule has 0 saturated carbocycles. The van der Waals surface area contributed by atoms with E-state index in [-0.39, 0.29) is 11.6 Å². The number of piperazine rings is 1. The highest BCUT2D eigenvalue weighted by Crippen LogP contribution is 2.28. The Morgan fingerprint density at radius 3 is 2.76 bits per heavy atom. The first kappa shape index (κ1) is 18.4. The third kappa shape index (κ3) is 3.98. The van der Waals surface area contributed by atoms with Gasteiger partial charge in [0, 0.05) is 37.1 Å². The Labute approximate surface area is 166 Å². The van der Waals surface area contributed by atoms with E-state index in [1.165, 1.54) is 12.1 Å². The van der Waals surface area contributed by atoms with Crippen LogP contribution in [0.2, 0.25) is 0 Å². The summed E-state index contributed by atoms with van der Waals surface area (Å²) in [6.45, 7) is 1.11. The van der Waals surface area contributed by atoms with Crippen LogP contribution in [-0.2, 0) is 4.79 Å². The van der Waals surface area contributed by atoms with E-state index < -0.39 is 11.0 Å². The van der Waals surface area contributed by atoms with Gasteiger partial charge in [0.25, 0.3) is 5.69 Å². The SMILES string of the molecule is O=C1NCCN(c2ccnc(Nc3cccc([N+](=O)[O-])c3)n2)C1c1ccccc1. The molecule has 0 spiro atoms. The lowest BCUT2D eigenvalue weighted by Gasteiger charge is -2.36. The molecule has 1 unspecified atom stereocenters. The summed E-state index contributed by atoms with van der Waals surface area (Å²) in [6.07, 6.45) is 1.59. The Kier molecular flexibility index (Phi) is 5.02. The van der Waals surface area contributed by atoms with E-state index in [1.807, 2.05) is 35.2 Å². The lowest BCUT2D eigenvalue weighted by molar-refractivity contribution is -0.384. The van der Waals surface area contributed by atoms with Gasteiger partial charge in [-0.25, -0.2) is 4.98 Å². The quantitative estimate of drug-likeness (QED) is 0.509. The molecule has 3 aromatic rings. The van der Waals surface area contributed by atoms with E-state index >= 15 is 0 Å². The Morgan fingerprint density at radius 2 is 1.97 bits per heavy atom. The average molecular weight is 390 g/mol. The van der Waals surface area contributed by atoms with Crippen molar-refractivity contribution in [2.75, 3.05) is 23.3 Å². The van der Waals surface area contributed by atoms with E-state index in [1.54, 1.807) is 24.4 Å². The molecule has 0 radical (unpaired) electrons. The number of anilines is 3. The topological polar surface area (TPSA) is 113 Å². The van der Waals surface area contributed by atoms with Gasteiger partial charge in [0.2, 0.25) is 11.9 Å². The highest BCUT2D eigenvalue weighted by atomic mass is 16.6. The maximum absolute atomic E-state index is 12.6. The molecule has 2 heterocycles. The number of amides is 1. The first-order chi connectivity index (χ1) is 14.1. The molecule has 0 bridgehead atoms. The number of benzene rings is 2. The number of carbonyl (C=O) groups is 1. The normalized spacial score (nSPS) is 16.2. The van der Waals surface area contributed by atoms with E-state index in [4.69, 9.17) is 0 Å². The van der Waals surface area contributed by atoms with Gasteiger partial charge < -0.3 is 15.5 Å². The number of rotatable bonds is 5. The molecule has 1 amide bonds. The first-order valence-electron chi connectivity index (χ1n) is 9.05. The summed E-state index contributed by atoms with van der Waals surface area (Å²) in [5.74, 6) is 0.798. The maximum atomic E-state index is 12.6. The minimum atomic E-state index is -0.495. The van der Waals surface area contributed by atoms with Crippen LogP contribution in [0.4, 0.5) is 23.1 Å². The average Bonchev–Trinajstić information content (AvgIpc) is 2.74. The zero-order valence-corrected chi connectivity index (χ0v) is 15.4. The second kappa shape index (κ2) is 7.93. The summed E-state index contributed by atoms with van der Waals surface area (Å²) in [6, 6.07) is 16.9. The van der Waals surface area contributed by atoms with Crippen molar-refractivity contribution in [3.8, 4) is 0 Å². The van der Waals surface area contributed by atoms with Gasteiger partial charge in [0.05, 0.1) is 4.92 Å². The first-order valence-corrected chi connectivity index (χ1v) is 9.05. The van der Waals surface area contributed by atoms with Crippen molar-refractivity contribution in [1.82, 2.24) is 15.3 Å². The summed E-state index contributed by atoms with van der Waals surface area (Å²) in [5, 5.41) is 16.9. The van der Waals surface area contributed by atoms with E-state index in [2.05, 4.69) is 20.6 Å². The molecule has 1 fully saturated rings. The summed E-state index contributed by atoms with van der Waals surface area (Å²) in [5.41, 5.74) is 1.35. The molecule has 1 aromatic heterocycles. The summed E-state index contributed by atoms with van der Waals surface area (Å²) in [7, 11) is 0. The van der Waals surface area contributed by atoms with E-state index in [0.29, 0.717) is 30.5 Å². The van der Waals surface area contributed by atoms with Gasteiger partial charge in [0.15, 0.2) is 0 Å². The molecule has 1 saturated heterocycles. The van der Waals surface area contributed by atoms with Gasteiger partial charge in [-0.1, -0.05) is 36.4 Å². The van der Waals surface area contributed by atoms with Crippen LogP contribution in [0.15, 0.2) is 66.9 Å². The highest BCUT2D eigenvalue weighted by Gasteiger charge is 2.32. The number of carbonyl (C=O) groups excluding carboxylic acids is 1. The lowest BCUT2D eigenvalue weighted by atomic mass is 10.0. The molecule has 1 aliphatic rings. The molecule has 0 aliphatic carbocycles. The Bertz CT molecular complexity index is 1040. The van der Waals surface area contributed by atoms with Gasteiger partial charge in [-0.15, -0.1) is 0 Å². The number of nitro benzene ring substituents is 1. The fraction of sp³-hybridized carbons (Fsp3) is 0.150. The number of aromatic nitrogens is 2.